The van der Waals surface area contributed by atoms with Gasteiger partial charge in [-0.15, -0.1) is 0 Å². The van der Waals surface area contributed by atoms with Gasteiger partial charge in [0.1, 0.15) is 11.5 Å². The van der Waals surface area contributed by atoms with Gasteiger partial charge in [-0.3, -0.25) is 15.0 Å². The maximum absolute atomic E-state index is 11.1. The molecule has 1 fully saturated rings. The Bertz CT molecular complexity index is 770. The number of nitro groups is 1. The molecule has 132 valence electrons. The van der Waals surface area contributed by atoms with Crippen molar-refractivity contribution >= 4 is 5.69 Å². The lowest BCUT2D eigenvalue weighted by Gasteiger charge is -2.21. The van der Waals surface area contributed by atoms with Gasteiger partial charge >= 0.3 is 0 Å². The Morgan fingerprint density at radius 3 is 2.52 bits per heavy atom. The number of methoxy groups -OCH3 is 2. The van der Waals surface area contributed by atoms with Crippen molar-refractivity contribution in [2.75, 3.05) is 27.3 Å². The Morgan fingerprint density at radius 2 is 1.88 bits per heavy atom. The van der Waals surface area contributed by atoms with Crippen LogP contribution in [0.1, 0.15) is 18.4 Å². The molecule has 2 aromatic carbocycles. The summed E-state index contributed by atoms with van der Waals surface area (Å²) in [7, 11) is 3.22. The number of hydrogen-bond donors (Lipinski definition) is 0. The van der Waals surface area contributed by atoms with Gasteiger partial charge in [0.05, 0.1) is 24.7 Å². The van der Waals surface area contributed by atoms with Crippen LogP contribution in [0.2, 0.25) is 0 Å². The minimum atomic E-state index is -0.392. The molecule has 1 saturated heterocycles. The van der Waals surface area contributed by atoms with Gasteiger partial charge in [0.15, 0.2) is 0 Å². The van der Waals surface area contributed by atoms with E-state index in [2.05, 4.69) is 4.90 Å². The highest BCUT2D eigenvalue weighted by Gasteiger charge is 2.21. The molecular formula is C19H22N2O4. The number of benzene rings is 2. The molecule has 0 aromatic heterocycles. The zero-order valence-corrected chi connectivity index (χ0v) is 14.5. The molecule has 6 nitrogen and oxygen atoms in total. The number of hydrogen-bond acceptors (Lipinski definition) is 5. The zero-order valence-electron chi connectivity index (χ0n) is 14.5. The van der Waals surface area contributed by atoms with E-state index in [1.807, 2.05) is 18.2 Å². The topological polar surface area (TPSA) is 64.8 Å². The lowest BCUT2D eigenvalue weighted by atomic mass is 9.99. The molecule has 0 amide bonds. The van der Waals surface area contributed by atoms with Gasteiger partial charge in [0.25, 0.3) is 5.69 Å². The number of non-ortho nitro benzene ring substituents is 1. The van der Waals surface area contributed by atoms with Crippen LogP contribution in [0, 0.1) is 10.1 Å². The highest BCUT2D eigenvalue weighted by Crippen LogP contribution is 2.42. The summed E-state index contributed by atoms with van der Waals surface area (Å²) in [6.07, 6.45) is 2.44. The molecule has 3 rings (SSSR count). The van der Waals surface area contributed by atoms with E-state index in [9.17, 15) is 10.1 Å². The largest absolute Gasteiger partial charge is 0.496 e. The first kappa shape index (κ1) is 17.2. The molecule has 1 aliphatic heterocycles. The summed E-state index contributed by atoms with van der Waals surface area (Å²) in [5, 5.41) is 11.1. The predicted octanol–water partition coefficient (Wildman–Crippen LogP) is 3.87. The van der Waals surface area contributed by atoms with Crippen LogP contribution < -0.4 is 9.47 Å². The Kier molecular flexibility index (Phi) is 5.19. The van der Waals surface area contributed by atoms with E-state index in [-0.39, 0.29) is 5.69 Å². The summed E-state index contributed by atoms with van der Waals surface area (Å²) in [4.78, 5) is 13.1. The highest BCUT2D eigenvalue weighted by molar-refractivity contribution is 5.79. The van der Waals surface area contributed by atoms with Gasteiger partial charge in [0.2, 0.25) is 0 Å². The number of ether oxygens (including phenoxy) is 2. The second kappa shape index (κ2) is 7.53. The summed E-state index contributed by atoms with van der Waals surface area (Å²) in [6.45, 7) is 2.97. The lowest BCUT2D eigenvalue weighted by molar-refractivity contribution is -0.384. The van der Waals surface area contributed by atoms with Crippen molar-refractivity contribution < 1.29 is 14.4 Å². The van der Waals surface area contributed by atoms with Crippen LogP contribution in [0.15, 0.2) is 36.4 Å². The van der Waals surface area contributed by atoms with E-state index in [0.29, 0.717) is 17.1 Å². The predicted molar refractivity (Wildman–Crippen MR) is 96.1 cm³/mol. The van der Waals surface area contributed by atoms with E-state index in [4.69, 9.17) is 9.47 Å². The van der Waals surface area contributed by atoms with Gasteiger partial charge in [-0.05, 0) is 37.6 Å². The molecule has 1 heterocycles. The Hall–Kier alpha value is -2.60. The van der Waals surface area contributed by atoms with E-state index in [0.717, 1.165) is 30.8 Å². The van der Waals surface area contributed by atoms with Crippen molar-refractivity contribution in [3.63, 3.8) is 0 Å². The van der Waals surface area contributed by atoms with E-state index in [1.54, 1.807) is 26.4 Å². The van der Waals surface area contributed by atoms with E-state index < -0.39 is 4.92 Å². The fourth-order valence-corrected chi connectivity index (χ4v) is 3.37. The van der Waals surface area contributed by atoms with Gasteiger partial charge in [0, 0.05) is 24.2 Å². The number of nitro benzene ring substituents is 1. The van der Waals surface area contributed by atoms with Crippen LogP contribution in [-0.4, -0.2) is 37.1 Å². The van der Waals surface area contributed by atoms with Crippen molar-refractivity contribution in [1.82, 2.24) is 4.90 Å². The van der Waals surface area contributed by atoms with Crippen molar-refractivity contribution in [1.29, 1.82) is 0 Å². The maximum atomic E-state index is 11.1. The molecular weight excluding hydrogens is 320 g/mol. The summed E-state index contributed by atoms with van der Waals surface area (Å²) >= 11 is 0. The zero-order chi connectivity index (χ0) is 17.8. The minimum absolute atomic E-state index is 0.0477. The Labute approximate surface area is 147 Å². The molecule has 0 saturated carbocycles. The third-order valence-electron chi connectivity index (χ3n) is 4.56. The summed E-state index contributed by atoms with van der Waals surface area (Å²) < 4.78 is 11.2. The number of rotatable bonds is 6. The number of nitrogens with zero attached hydrogens (tertiary/aromatic N) is 2. The fourth-order valence-electron chi connectivity index (χ4n) is 3.37. The summed E-state index contributed by atoms with van der Waals surface area (Å²) in [5.41, 5.74) is 2.58. The van der Waals surface area contributed by atoms with Crippen LogP contribution >= 0.6 is 0 Å². The van der Waals surface area contributed by atoms with Gasteiger partial charge < -0.3 is 9.47 Å². The molecule has 6 heteroatoms. The average molecular weight is 342 g/mol. The first-order chi connectivity index (χ1) is 12.1. The van der Waals surface area contributed by atoms with Crippen LogP contribution in [-0.2, 0) is 6.54 Å². The highest BCUT2D eigenvalue weighted by atomic mass is 16.6. The first-order valence-corrected chi connectivity index (χ1v) is 8.35. The van der Waals surface area contributed by atoms with E-state index in [1.165, 1.54) is 18.9 Å². The molecule has 0 N–H and O–H groups in total. The quantitative estimate of drug-likeness (QED) is 0.589. The SMILES string of the molecule is COc1ccc(CN2CCCC2)c(OC)c1-c1cccc([N+](=O)[O-])c1. The third-order valence-corrected chi connectivity index (χ3v) is 4.56. The van der Waals surface area contributed by atoms with Crippen molar-refractivity contribution in [3.05, 3.63) is 52.1 Å². The van der Waals surface area contributed by atoms with E-state index >= 15 is 0 Å². The van der Waals surface area contributed by atoms with Crippen LogP contribution in [0.25, 0.3) is 11.1 Å². The molecule has 0 radical (unpaired) electrons. The normalized spacial score (nSPS) is 14.5. The summed E-state index contributed by atoms with van der Waals surface area (Å²) in [6, 6.07) is 10.5. The van der Waals surface area contributed by atoms with Gasteiger partial charge in [-0.25, -0.2) is 0 Å². The smallest absolute Gasteiger partial charge is 0.270 e. The monoisotopic (exact) mass is 342 g/mol. The van der Waals surface area contributed by atoms with Crippen molar-refractivity contribution in [3.8, 4) is 22.6 Å². The lowest BCUT2D eigenvalue weighted by Crippen LogP contribution is -2.19. The second-order valence-corrected chi connectivity index (χ2v) is 6.13. The third kappa shape index (κ3) is 3.58. The van der Waals surface area contributed by atoms with Crippen molar-refractivity contribution in [2.45, 2.75) is 19.4 Å². The molecule has 0 aliphatic carbocycles. The molecule has 2 aromatic rings. The maximum Gasteiger partial charge on any atom is 0.270 e. The summed E-state index contributed by atoms with van der Waals surface area (Å²) in [5.74, 6) is 1.36. The molecule has 0 unspecified atom stereocenters. The van der Waals surface area contributed by atoms with Crippen LogP contribution in [0.5, 0.6) is 11.5 Å². The molecule has 25 heavy (non-hydrogen) atoms. The Balaban J connectivity index is 2.09. The van der Waals surface area contributed by atoms with Crippen LogP contribution in [0.4, 0.5) is 5.69 Å². The molecule has 0 atom stereocenters. The van der Waals surface area contributed by atoms with Gasteiger partial charge in [-0.1, -0.05) is 18.2 Å². The first-order valence-electron chi connectivity index (χ1n) is 8.35. The number of likely N-dealkylation sites (tertiary alicyclic amines) is 1. The fraction of sp³-hybridized carbons (Fsp3) is 0.368. The molecule has 1 aliphatic rings. The Morgan fingerprint density at radius 1 is 1.12 bits per heavy atom. The van der Waals surface area contributed by atoms with Crippen LogP contribution in [0.3, 0.4) is 0 Å². The second-order valence-electron chi connectivity index (χ2n) is 6.13. The van der Waals surface area contributed by atoms with Gasteiger partial charge in [-0.2, -0.15) is 0 Å². The van der Waals surface area contributed by atoms with Crippen molar-refractivity contribution in [2.24, 2.45) is 0 Å². The standard InChI is InChI=1S/C19H22N2O4/c1-24-17-9-8-15(13-20-10-3-4-11-20)19(25-2)18(17)14-6-5-7-16(12-14)21(22)23/h5-9,12H,3-4,10-11,13H2,1-2H3. The minimum Gasteiger partial charge on any atom is -0.496 e. The molecule has 0 bridgehead atoms. The average Bonchev–Trinajstić information content (AvgIpc) is 3.14. The molecule has 0 spiro atoms.